The average molecular weight is 389 g/mol. The molecule has 0 atom stereocenters. The summed E-state index contributed by atoms with van der Waals surface area (Å²) in [5.74, 6) is 0.274. The molecule has 1 fully saturated rings. The highest BCUT2D eigenvalue weighted by atomic mass is 35.5. The van der Waals surface area contributed by atoms with E-state index in [2.05, 4.69) is 0 Å². The fraction of sp³-hybridized carbons (Fsp3) is 0.588. The summed E-state index contributed by atoms with van der Waals surface area (Å²) in [5.41, 5.74) is 0. The second kappa shape index (κ2) is 8.87. The maximum atomic E-state index is 12.7. The second-order valence-corrected chi connectivity index (χ2v) is 8.53. The van der Waals surface area contributed by atoms with E-state index < -0.39 is 10.0 Å². The summed E-state index contributed by atoms with van der Waals surface area (Å²) in [4.78, 5) is 14.2. The molecule has 0 N–H and O–H groups in total. The highest BCUT2D eigenvalue weighted by Crippen LogP contribution is 2.28. The predicted octanol–water partition coefficient (Wildman–Crippen LogP) is 2.76. The molecule has 0 aromatic heterocycles. The molecule has 1 aromatic rings. The van der Waals surface area contributed by atoms with Crippen molar-refractivity contribution in [3.63, 3.8) is 0 Å². The third-order valence-corrected chi connectivity index (χ3v) is 6.32. The molecule has 1 heterocycles. The number of likely N-dealkylation sites (N-methyl/N-ethyl adjacent to an activating group) is 1. The van der Waals surface area contributed by atoms with Crippen molar-refractivity contribution in [1.29, 1.82) is 0 Å². The van der Waals surface area contributed by atoms with Crippen LogP contribution < -0.4 is 4.74 Å². The van der Waals surface area contributed by atoms with Crippen molar-refractivity contribution < 1.29 is 17.9 Å². The molecule has 6 nitrogen and oxygen atoms in total. The van der Waals surface area contributed by atoms with Gasteiger partial charge in [0, 0.05) is 20.1 Å². The van der Waals surface area contributed by atoms with Crippen molar-refractivity contribution >= 4 is 27.5 Å². The number of nitrogens with zero attached hydrogens (tertiary/aromatic N) is 2. The Hall–Kier alpha value is -1.31. The lowest BCUT2D eigenvalue weighted by Crippen LogP contribution is -2.41. The Bertz CT molecular complexity index is 701. The quantitative estimate of drug-likeness (QED) is 0.751. The lowest BCUT2D eigenvalue weighted by atomic mass is 10.2. The summed E-state index contributed by atoms with van der Waals surface area (Å²) in [6, 6.07) is 4.33. The van der Waals surface area contributed by atoms with Crippen molar-refractivity contribution in [2.45, 2.75) is 37.5 Å². The highest BCUT2D eigenvalue weighted by Gasteiger charge is 2.26. The molecule has 25 heavy (non-hydrogen) atoms. The van der Waals surface area contributed by atoms with Gasteiger partial charge in [0.15, 0.2) is 0 Å². The molecule has 1 saturated heterocycles. The number of benzene rings is 1. The Kier molecular flexibility index (Phi) is 7.10. The first-order chi connectivity index (χ1) is 11.9. The Morgan fingerprint density at radius 3 is 2.44 bits per heavy atom. The number of rotatable bonds is 6. The van der Waals surface area contributed by atoms with Crippen LogP contribution in [0.25, 0.3) is 0 Å². The van der Waals surface area contributed by atoms with Gasteiger partial charge in [-0.05, 0) is 38.0 Å². The molecule has 0 spiro atoms. The van der Waals surface area contributed by atoms with Gasteiger partial charge >= 0.3 is 0 Å². The van der Waals surface area contributed by atoms with Crippen LogP contribution in [0.1, 0.15) is 32.6 Å². The summed E-state index contributed by atoms with van der Waals surface area (Å²) < 4.78 is 31.8. The van der Waals surface area contributed by atoms with Crippen molar-refractivity contribution in [3.05, 3.63) is 23.2 Å². The number of carbonyl (C=O) groups excluding carboxylic acids is 1. The van der Waals surface area contributed by atoms with Crippen LogP contribution in [0.4, 0.5) is 0 Å². The molecule has 1 aliphatic heterocycles. The van der Waals surface area contributed by atoms with Crippen LogP contribution in [0.5, 0.6) is 5.75 Å². The number of halogens is 1. The zero-order chi connectivity index (χ0) is 18.4. The summed E-state index contributed by atoms with van der Waals surface area (Å²) >= 11 is 6.08. The van der Waals surface area contributed by atoms with Crippen LogP contribution in [0.15, 0.2) is 23.1 Å². The van der Waals surface area contributed by atoms with Crippen LogP contribution >= 0.6 is 11.6 Å². The van der Waals surface area contributed by atoms with Crippen molar-refractivity contribution in [2.24, 2.45) is 0 Å². The third-order valence-electron chi connectivity index (χ3n) is 4.23. The number of amides is 1. The summed E-state index contributed by atoms with van der Waals surface area (Å²) in [5, 5.41) is 0.232. The van der Waals surface area contributed by atoms with Crippen LogP contribution in [0.3, 0.4) is 0 Å². The van der Waals surface area contributed by atoms with Gasteiger partial charge in [0.25, 0.3) is 0 Å². The summed E-state index contributed by atoms with van der Waals surface area (Å²) in [6.45, 7) is 3.48. The number of likely N-dealkylation sites (tertiary alicyclic amines) is 1. The van der Waals surface area contributed by atoms with E-state index in [0.717, 1.165) is 30.0 Å². The standard InChI is InChI=1S/C17H25ClN2O4S/c1-3-24-16-9-8-14(12-15(16)18)25(22,23)19(2)13-17(21)20-10-6-4-5-7-11-20/h8-9,12H,3-7,10-11,13H2,1-2H3. The molecule has 0 unspecified atom stereocenters. The van der Waals surface area contributed by atoms with E-state index >= 15 is 0 Å². The van der Waals surface area contributed by atoms with E-state index in [1.807, 2.05) is 6.92 Å². The van der Waals surface area contributed by atoms with Gasteiger partial charge in [0.1, 0.15) is 5.75 Å². The zero-order valence-corrected chi connectivity index (χ0v) is 16.3. The molecule has 2 rings (SSSR count). The predicted molar refractivity (Wildman–Crippen MR) is 97.5 cm³/mol. The fourth-order valence-electron chi connectivity index (χ4n) is 2.79. The molecule has 0 saturated carbocycles. The van der Waals surface area contributed by atoms with Crippen molar-refractivity contribution in [3.8, 4) is 5.75 Å². The minimum atomic E-state index is -3.79. The molecule has 140 valence electrons. The van der Waals surface area contributed by atoms with Gasteiger partial charge in [-0.2, -0.15) is 4.31 Å². The van der Waals surface area contributed by atoms with Gasteiger partial charge in [-0.25, -0.2) is 8.42 Å². The highest BCUT2D eigenvalue weighted by molar-refractivity contribution is 7.89. The minimum absolute atomic E-state index is 0.0483. The monoisotopic (exact) mass is 388 g/mol. The van der Waals surface area contributed by atoms with Gasteiger partial charge in [0.2, 0.25) is 15.9 Å². The third kappa shape index (κ3) is 5.09. The Morgan fingerprint density at radius 2 is 1.88 bits per heavy atom. The van der Waals surface area contributed by atoms with Crippen LogP contribution in [-0.2, 0) is 14.8 Å². The van der Waals surface area contributed by atoms with Crippen LogP contribution in [0.2, 0.25) is 5.02 Å². The smallest absolute Gasteiger partial charge is 0.243 e. The maximum absolute atomic E-state index is 12.7. The summed E-state index contributed by atoms with van der Waals surface area (Å²) in [7, 11) is -2.38. The summed E-state index contributed by atoms with van der Waals surface area (Å²) in [6.07, 6.45) is 4.17. The molecule has 1 aromatic carbocycles. The van der Waals surface area contributed by atoms with Gasteiger partial charge in [-0.3, -0.25) is 4.79 Å². The molecular formula is C17H25ClN2O4S. The number of ether oxygens (including phenoxy) is 1. The van der Waals surface area contributed by atoms with Crippen molar-refractivity contribution in [1.82, 2.24) is 9.21 Å². The van der Waals surface area contributed by atoms with Crippen molar-refractivity contribution in [2.75, 3.05) is 33.3 Å². The van der Waals surface area contributed by atoms with Crippen LogP contribution in [0, 0.1) is 0 Å². The number of hydrogen-bond acceptors (Lipinski definition) is 4. The molecule has 1 amide bonds. The van der Waals surface area contributed by atoms with E-state index in [4.69, 9.17) is 16.3 Å². The Balaban J connectivity index is 2.10. The minimum Gasteiger partial charge on any atom is -0.492 e. The van der Waals surface area contributed by atoms with Gasteiger partial charge in [-0.1, -0.05) is 24.4 Å². The van der Waals surface area contributed by atoms with Gasteiger partial charge < -0.3 is 9.64 Å². The van der Waals surface area contributed by atoms with Gasteiger partial charge in [-0.15, -0.1) is 0 Å². The molecule has 8 heteroatoms. The molecule has 1 aliphatic rings. The second-order valence-electron chi connectivity index (χ2n) is 6.08. The largest absolute Gasteiger partial charge is 0.492 e. The molecular weight excluding hydrogens is 364 g/mol. The van der Waals surface area contributed by atoms with E-state index in [9.17, 15) is 13.2 Å². The van der Waals surface area contributed by atoms with E-state index in [1.54, 1.807) is 4.90 Å². The molecule has 0 bridgehead atoms. The van der Waals surface area contributed by atoms with E-state index in [-0.39, 0.29) is 22.4 Å². The molecule has 0 radical (unpaired) electrons. The first kappa shape index (κ1) is 20.0. The lowest BCUT2D eigenvalue weighted by Gasteiger charge is -2.24. The van der Waals surface area contributed by atoms with Gasteiger partial charge in [0.05, 0.1) is 23.1 Å². The first-order valence-electron chi connectivity index (χ1n) is 8.52. The number of hydrogen-bond donors (Lipinski definition) is 0. The van der Waals surface area contributed by atoms with E-state index in [0.29, 0.717) is 25.4 Å². The first-order valence-corrected chi connectivity index (χ1v) is 10.3. The Morgan fingerprint density at radius 1 is 1.24 bits per heavy atom. The topological polar surface area (TPSA) is 66.9 Å². The molecule has 0 aliphatic carbocycles. The SMILES string of the molecule is CCOc1ccc(S(=O)(=O)N(C)CC(=O)N2CCCCCC2)cc1Cl. The normalized spacial score (nSPS) is 15.9. The van der Waals surface area contributed by atoms with E-state index in [1.165, 1.54) is 25.2 Å². The average Bonchev–Trinajstić information content (AvgIpc) is 2.86. The fourth-order valence-corrected chi connectivity index (χ4v) is 4.24. The lowest BCUT2D eigenvalue weighted by molar-refractivity contribution is -0.131. The zero-order valence-electron chi connectivity index (χ0n) is 14.7. The Labute approximate surface area is 154 Å². The number of carbonyl (C=O) groups is 1. The van der Waals surface area contributed by atoms with Crippen LogP contribution in [-0.4, -0.2) is 56.8 Å². The number of sulfonamides is 1. The maximum Gasteiger partial charge on any atom is 0.243 e.